The summed E-state index contributed by atoms with van der Waals surface area (Å²) in [6.45, 7) is 1.25. The minimum atomic E-state index is -2.18. The zero-order valence-electron chi connectivity index (χ0n) is 9.08. The number of aliphatic carboxylic acids is 2. The van der Waals surface area contributed by atoms with Gasteiger partial charge < -0.3 is 10.2 Å². The summed E-state index contributed by atoms with van der Waals surface area (Å²) in [6, 6.07) is 1.38. The second kappa shape index (κ2) is 4.78. The van der Waals surface area contributed by atoms with Crippen LogP contribution in [0.15, 0.2) is 12.1 Å². The van der Waals surface area contributed by atoms with E-state index in [-0.39, 0.29) is 5.56 Å². The molecule has 0 amide bonds. The van der Waals surface area contributed by atoms with Gasteiger partial charge in [0.25, 0.3) is 5.69 Å². The molecule has 8 heteroatoms. The molecule has 0 aliphatic rings. The summed E-state index contributed by atoms with van der Waals surface area (Å²) in [7, 11) is 0. The van der Waals surface area contributed by atoms with E-state index in [4.69, 9.17) is 10.2 Å². The van der Waals surface area contributed by atoms with Gasteiger partial charge in [0, 0.05) is 6.07 Å². The van der Waals surface area contributed by atoms with E-state index < -0.39 is 39.8 Å². The highest BCUT2D eigenvalue weighted by Crippen LogP contribution is 2.29. The molecule has 0 spiro atoms. The van der Waals surface area contributed by atoms with Crippen molar-refractivity contribution in [3.8, 4) is 0 Å². The maximum Gasteiger partial charge on any atom is 0.322 e. The summed E-state index contributed by atoms with van der Waals surface area (Å²) in [6.07, 6.45) is 0. The number of carboxylic acid groups (broad SMARTS) is 2. The number of rotatable bonds is 4. The highest BCUT2D eigenvalue weighted by atomic mass is 19.1. The van der Waals surface area contributed by atoms with E-state index in [1.54, 1.807) is 0 Å². The lowest BCUT2D eigenvalue weighted by Gasteiger charge is -2.09. The van der Waals surface area contributed by atoms with Gasteiger partial charge in [0.1, 0.15) is 5.82 Å². The molecule has 1 aromatic carbocycles. The lowest BCUT2D eigenvalue weighted by atomic mass is 9.96. The third-order valence-corrected chi connectivity index (χ3v) is 2.31. The monoisotopic (exact) mass is 257 g/mol. The first-order valence-corrected chi connectivity index (χ1v) is 4.65. The van der Waals surface area contributed by atoms with Gasteiger partial charge in [-0.25, -0.2) is 4.39 Å². The Kier molecular flexibility index (Phi) is 3.60. The molecule has 0 aromatic heterocycles. The van der Waals surface area contributed by atoms with Crippen LogP contribution in [-0.2, 0) is 9.59 Å². The fourth-order valence-corrected chi connectivity index (χ4v) is 1.44. The molecule has 2 N–H and O–H groups in total. The number of aryl methyl sites for hydroxylation is 1. The van der Waals surface area contributed by atoms with Crippen LogP contribution in [0.1, 0.15) is 17.0 Å². The number of carbonyl (C=O) groups is 2. The topological polar surface area (TPSA) is 118 Å². The molecule has 0 unspecified atom stereocenters. The van der Waals surface area contributed by atoms with E-state index in [1.807, 2.05) is 0 Å². The van der Waals surface area contributed by atoms with Crippen molar-refractivity contribution >= 4 is 17.6 Å². The van der Waals surface area contributed by atoms with Gasteiger partial charge in [0.2, 0.25) is 0 Å². The lowest BCUT2D eigenvalue weighted by Crippen LogP contribution is -2.22. The molecule has 1 rings (SSSR count). The van der Waals surface area contributed by atoms with Crippen LogP contribution in [0.2, 0.25) is 0 Å². The molecule has 0 atom stereocenters. The third-order valence-electron chi connectivity index (χ3n) is 2.31. The normalized spacial score (nSPS) is 10.4. The quantitative estimate of drug-likeness (QED) is 0.476. The van der Waals surface area contributed by atoms with Crippen LogP contribution >= 0.6 is 0 Å². The molecule has 0 aliphatic heterocycles. The van der Waals surface area contributed by atoms with E-state index in [9.17, 15) is 24.1 Å². The van der Waals surface area contributed by atoms with Crippen LogP contribution in [0.25, 0.3) is 0 Å². The van der Waals surface area contributed by atoms with Crippen molar-refractivity contribution < 1.29 is 29.1 Å². The number of halogens is 1. The summed E-state index contributed by atoms with van der Waals surface area (Å²) in [4.78, 5) is 31.4. The van der Waals surface area contributed by atoms with Gasteiger partial charge in [0.15, 0.2) is 5.92 Å². The Morgan fingerprint density at radius 2 is 1.83 bits per heavy atom. The second-order valence-corrected chi connectivity index (χ2v) is 3.53. The Morgan fingerprint density at radius 3 is 2.22 bits per heavy atom. The van der Waals surface area contributed by atoms with Crippen molar-refractivity contribution in [3.63, 3.8) is 0 Å². The minimum Gasteiger partial charge on any atom is -0.480 e. The number of hydrogen-bond acceptors (Lipinski definition) is 4. The molecule has 0 aliphatic carbocycles. The number of nitro benzene ring substituents is 1. The van der Waals surface area contributed by atoms with Crippen molar-refractivity contribution in [1.82, 2.24) is 0 Å². The van der Waals surface area contributed by atoms with E-state index in [2.05, 4.69) is 0 Å². The van der Waals surface area contributed by atoms with E-state index >= 15 is 0 Å². The lowest BCUT2D eigenvalue weighted by molar-refractivity contribution is -0.385. The number of hydrogen-bond donors (Lipinski definition) is 2. The zero-order valence-corrected chi connectivity index (χ0v) is 9.08. The van der Waals surface area contributed by atoms with Crippen LogP contribution in [0, 0.1) is 22.9 Å². The molecule has 0 bridgehead atoms. The van der Waals surface area contributed by atoms with E-state index in [0.29, 0.717) is 6.07 Å². The first kappa shape index (κ1) is 13.6. The van der Waals surface area contributed by atoms with Crippen LogP contribution < -0.4 is 0 Å². The smallest absolute Gasteiger partial charge is 0.322 e. The average Bonchev–Trinajstić information content (AvgIpc) is 2.21. The molecule has 96 valence electrons. The standard InChI is InChI=1S/C10H8FNO6/c1-4-2-7(12(17)18)5(3-6(4)11)8(9(13)14)10(15)16/h2-3,8H,1H3,(H,13,14)(H,15,16). The Bertz CT molecular complexity index is 527. The third kappa shape index (κ3) is 2.42. The maximum atomic E-state index is 13.3. The van der Waals surface area contributed by atoms with E-state index in [1.165, 1.54) is 6.92 Å². The largest absolute Gasteiger partial charge is 0.480 e. The van der Waals surface area contributed by atoms with Crippen LogP contribution in [0.3, 0.4) is 0 Å². The van der Waals surface area contributed by atoms with Gasteiger partial charge in [-0.05, 0) is 18.6 Å². The number of carboxylic acids is 2. The highest BCUT2D eigenvalue weighted by Gasteiger charge is 2.35. The van der Waals surface area contributed by atoms with Gasteiger partial charge in [-0.2, -0.15) is 0 Å². The summed E-state index contributed by atoms with van der Waals surface area (Å²) < 4.78 is 13.3. The molecule has 0 radical (unpaired) electrons. The SMILES string of the molecule is Cc1cc([N+](=O)[O-])c(C(C(=O)O)C(=O)O)cc1F. The predicted octanol–water partition coefficient (Wildman–Crippen LogP) is 1.30. The van der Waals surface area contributed by atoms with Crippen molar-refractivity contribution in [3.05, 3.63) is 39.2 Å². The Morgan fingerprint density at radius 1 is 1.33 bits per heavy atom. The van der Waals surface area contributed by atoms with Crippen LogP contribution in [0.5, 0.6) is 0 Å². The fraction of sp³-hybridized carbons (Fsp3) is 0.200. The molecule has 0 saturated heterocycles. The molecule has 1 aromatic rings. The summed E-state index contributed by atoms with van der Waals surface area (Å²) in [5.41, 5.74) is -1.49. The molecular formula is C10H8FNO6. The molecular weight excluding hydrogens is 249 g/mol. The van der Waals surface area contributed by atoms with Crippen molar-refractivity contribution in [1.29, 1.82) is 0 Å². The van der Waals surface area contributed by atoms with Gasteiger partial charge in [-0.3, -0.25) is 19.7 Å². The van der Waals surface area contributed by atoms with Crippen LogP contribution in [-0.4, -0.2) is 27.1 Å². The van der Waals surface area contributed by atoms with Crippen LogP contribution in [0.4, 0.5) is 10.1 Å². The van der Waals surface area contributed by atoms with Gasteiger partial charge in [-0.15, -0.1) is 0 Å². The number of benzene rings is 1. The van der Waals surface area contributed by atoms with Gasteiger partial charge in [0.05, 0.1) is 10.5 Å². The fourth-order valence-electron chi connectivity index (χ4n) is 1.44. The van der Waals surface area contributed by atoms with Gasteiger partial charge >= 0.3 is 11.9 Å². The van der Waals surface area contributed by atoms with Crippen molar-refractivity contribution in [2.24, 2.45) is 0 Å². The predicted molar refractivity (Wildman–Crippen MR) is 55.8 cm³/mol. The van der Waals surface area contributed by atoms with E-state index in [0.717, 1.165) is 6.07 Å². The first-order valence-electron chi connectivity index (χ1n) is 4.65. The summed E-state index contributed by atoms with van der Waals surface area (Å²) >= 11 is 0. The highest BCUT2D eigenvalue weighted by molar-refractivity contribution is 6.00. The molecule has 7 nitrogen and oxygen atoms in total. The number of nitrogens with zero attached hydrogens (tertiary/aromatic N) is 1. The molecule has 18 heavy (non-hydrogen) atoms. The minimum absolute atomic E-state index is 0.0695. The Labute approximate surface area is 99.6 Å². The summed E-state index contributed by atoms with van der Waals surface area (Å²) in [5.74, 6) is -6.67. The second-order valence-electron chi connectivity index (χ2n) is 3.53. The molecule has 0 saturated carbocycles. The van der Waals surface area contributed by atoms with Crippen molar-refractivity contribution in [2.45, 2.75) is 12.8 Å². The summed E-state index contributed by atoms with van der Waals surface area (Å²) in [5, 5.41) is 28.2. The Balaban J connectivity index is 3.55. The molecule has 0 heterocycles. The van der Waals surface area contributed by atoms with Crippen molar-refractivity contribution in [2.75, 3.05) is 0 Å². The maximum absolute atomic E-state index is 13.3. The molecule has 0 fully saturated rings. The average molecular weight is 257 g/mol. The Hall–Kier alpha value is -2.51. The zero-order chi connectivity index (χ0) is 14.0. The van der Waals surface area contributed by atoms with Gasteiger partial charge in [-0.1, -0.05) is 0 Å². The first-order chi connectivity index (χ1) is 8.25. The number of nitro groups is 1.